The Bertz CT molecular complexity index is 970. The average Bonchev–Trinajstić information content (AvgIpc) is 3.25. The van der Waals surface area contributed by atoms with Crippen molar-refractivity contribution in [2.75, 3.05) is 37.8 Å². The minimum atomic E-state index is -0.505. The van der Waals surface area contributed by atoms with Gasteiger partial charge in [0.2, 0.25) is 5.91 Å². The number of benzene rings is 2. The summed E-state index contributed by atoms with van der Waals surface area (Å²) in [4.78, 5) is 17.2. The van der Waals surface area contributed by atoms with Gasteiger partial charge in [0.05, 0.1) is 31.4 Å². The first-order chi connectivity index (χ1) is 15.5. The molecule has 2 saturated heterocycles. The number of halogens is 2. The number of carbonyl (C=O) groups excluding carboxylic acids is 1. The van der Waals surface area contributed by atoms with Crippen LogP contribution in [0.25, 0.3) is 0 Å². The van der Waals surface area contributed by atoms with Gasteiger partial charge in [0.25, 0.3) is 0 Å². The van der Waals surface area contributed by atoms with E-state index in [1.807, 2.05) is 17.0 Å². The monoisotopic (exact) mass is 460 g/mol. The van der Waals surface area contributed by atoms with E-state index in [9.17, 15) is 9.18 Å². The highest BCUT2D eigenvalue weighted by Gasteiger charge is 2.41. The number of anilines is 1. The second kappa shape index (κ2) is 8.89. The maximum atomic E-state index is 13.4. The van der Waals surface area contributed by atoms with E-state index in [2.05, 4.69) is 4.90 Å². The van der Waals surface area contributed by atoms with Crippen molar-refractivity contribution < 1.29 is 23.4 Å². The van der Waals surface area contributed by atoms with Crippen LogP contribution in [0.4, 0.5) is 10.1 Å². The van der Waals surface area contributed by atoms with Crippen LogP contribution in [0.3, 0.4) is 0 Å². The first-order valence-electron chi connectivity index (χ1n) is 11.0. The molecule has 1 spiro atoms. The number of piperidine rings is 1. The molecule has 5 rings (SSSR count). The third kappa shape index (κ3) is 4.42. The lowest BCUT2D eigenvalue weighted by molar-refractivity contribution is -0.187. The van der Waals surface area contributed by atoms with Crippen molar-refractivity contribution >= 4 is 23.2 Å². The van der Waals surface area contributed by atoms with Crippen LogP contribution in [0.5, 0.6) is 5.75 Å². The van der Waals surface area contributed by atoms with Crippen LogP contribution in [0.1, 0.15) is 24.8 Å². The molecule has 6 nitrogen and oxygen atoms in total. The molecule has 0 aromatic heterocycles. The van der Waals surface area contributed by atoms with Crippen LogP contribution in [-0.4, -0.2) is 55.5 Å². The van der Waals surface area contributed by atoms with Crippen molar-refractivity contribution in [1.29, 1.82) is 0 Å². The number of hydrogen-bond acceptors (Lipinski definition) is 5. The Morgan fingerprint density at radius 1 is 1.09 bits per heavy atom. The van der Waals surface area contributed by atoms with Gasteiger partial charge in [-0.3, -0.25) is 4.79 Å². The summed E-state index contributed by atoms with van der Waals surface area (Å²) in [5.74, 6) is 0.0374. The van der Waals surface area contributed by atoms with Crippen LogP contribution in [0.15, 0.2) is 42.5 Å². The lowest BCUT2D eigenvalue weighted by Gasteiger charge is -2.41. The van der Waals surface area contributed by atoms with Crippen molar-refractivity contribution in [3.8, 4) is 5.75 Å². The molecule has 3 aliphatic rings. The van der Waals surface area contributed by atoms with Crippen LogP contribution in [-0.2, 0) is 20.8 Å². The van der Waals surface area contributed by atoms with E-state index < -0.39 is 5.79 Å². The normalized spacial score (nSPS) is 22.0. The lowest BCUT2D eigenvalue weighted by Crippen LogP contribution is -2.50. The van der Waals surface area contributed by atoms with Gasteiger partial charge in [-0.15, -0.1) is 0 Å². The minimum absolute atomic E-state index is 0.0843. The quantitative estimate of drug-likeness (QED) is 0.690. The highest BCUT2D eigenvalue weighted by molar-refractivity contribution is 6.31. The molecule has 0 saturated carbocycles. The summed E-state index contributed by atoms with van der Waals surface area (Å²) in [5.41, 5.74) is 1.79. The van der Waals surface area contributed by atoms with Crippen LogP contribution < -0.4 is 9.64 Å². The summed E-state index contributed by atoms with van der Waals surface area (Å²) in [6, 6.07) is 11.8. The first kappa shape index (κ1) is 21.5. The first-order valence-corrected chi connectivity index (χ1v) is 11.4. The molecular weight excluding hydrogens is 435 g/mol. The molecule has 3 aliphatic heterocycles. The van der Waals surface area contributed by atoms with Gasteiger partial charge >= 0.3 is 0 Å². The van der Waals surface area contributed by atoms with Crippen LogP contribution in [0.2, 0.25) is 5.02 Å². The molecule has 1 amide bonds. The number of ether oxygens (including phenoxy) is 3. The largest absolute Gasteiger partial charge is 0.489 e. The molecule has 2 fully saturated rings. The molecule has 0 bridgehead atoms. The fourth-order valence-corrected chi connectivity index (χ4v) is 4.86. The molecular formula is C24H26ClFN2O4. The molecule has 1 atom stereocenters. The molecule has 2 aromatic carbocycles. The number of nitrogens with zero attached hydrogens (tertiary/aromatic N) is 2. The maximum Gasteiger partial charge on any atom is 0.224 e. The fourth-order valence-electron chi connectivity index (χ4n) is 4.69. The Morgan fingerprint density at radius 3 is 2.53 bits per heavy atom. The van der Waals surface area contributed by atoms with Gasteiger partial charge in [-0.2, -0.15) is 0 Å². The van der Waals surface area contributed by atoms with Crippen molar-refractivity contribution in [1.82, 2.24) is 4.90 Å². The van der Waals surface area contributed by atoms with Crippen molar-refractivity contribution in [3.05, 3.63) is 58.9 Å². The second-order valence-corrected chi connectivity index (χ2v) is 8.96. The fraction of sp³-hybridized carbons (Fsp3) is 0.458. The molecule has 0 N–H and O–H groups in total. The third-order valence-corrected chi connectivity index (χ3v) is 6.71. The van der Waals surface area contributed by atoms with Crippen molar-refractivity contribution in [3.63, 3.8) is 0 Å². The smallest absolute Gasteiger partial charge is 0.224 e. The summed E-state index contributed by atoms with van der Waals surface area (Å²) >= 11 is 6.27. The Morgan fingerprint density at radius 2 is 1.81 bits per heavy atom. The summed E-state index contributed by atoms with van der Waals surface area (Å²) in [5, 5.41) is 0.598. The van der Waals surface area contributed by atoms with Crippen molar-refractivity contribution in [2.24, 2.45) is 0 Å². The molecule has 3 heterocycles. The van der Waals surface area contributed by atoms with Crippen molar-refractivity contribution in [2.45, 2.75) is 37.6 Å². The number of hydrogen-bond donors (Lipinski definition) is 0. The third-order valence-electron chi connectivity index (χ3n) is 6.47. The zero-order valence-electron chi connectivity index (χ0n) is 17.8. The van der Waals surface area contributed by atoms with E-state index in [1.54, 1.807) is 18.2 Å². The highest BCUT2D eigenvalue weighted by Crippen LogP contribution is 2.38. The molecule has 170 valence electrons. The number of likely N-dealkylation sites (tertiary alicyclic amines) is 1. The standard InChI is InChI=1S/C24H26ClFN2O4/c25-18-3-6-22-21(13-18)28(15-17-1-4-19(26)5-2-17)20(16-30-22)14-23(29)27-9-7-24(8-10-27)31-11-12-32-24/h1-6,13,20H,7-12,14-16H2. The Labute approximate surface area is 191 Å². The molecule has 32 heavy (non-hydrogen) atoms. The van der Waals surface area contributed by atoms with E-state index >= 15 is 0 Å². The van der Waals surface area contributed by atoms with E-state index in [-0.39, 0.29) is 17.8 Å². The van der Waals surface area contributed by atoms with Gasteiger partial charge in [0.1, 0.15) is 18.2 Å². The predicted molar refractivity (Wildman–Crippen MR) is 118 cm³/mol. The zero-order valence-corrected chi connectivity index (χ0v) is 18.5. The number of fused-ring (bicyclic) bond motifs is 1. The Kier molecular flexibility index (Phi) is 5.97. The van der Waals surface area contributed by atoms with E-state index in [1.165, 1.54) is 12.1 Å². The van der Waals surface area contributed by atoms with Crippen LogP contribution >= 0.6 is 11.6 Å². The number of carbonyl (C=O) groups is 1. The highest BCUT2D eigenvalue weighted by atomic mass is 35.5. The van der Waals surface area contributed by atoms with Gasteiger partial charge < -0.3 is 24.0 Å². The van der Waals surface area contributed by atoms with E-state index in [0.717, 1.165) is 17.0 Å². The summed E-state index contributed by atoms with van der Waals surface area (Å²) in [6.45, 7) is 3.40. The number of amides is 1. The molecule has 1 unspecified atom stereocenters. The van der Waals surface area contributed by atoms with Gasteiger partial charge in [0.15, 0.2) is 5.79 Å². The molecule has 0 radical (unpaired) electrons. The van der Waals surface area contributed by atoms with E-state index in [4.69, 9.17) is 25.8 Å². The van der Waals surface area contributed by atoms with Gasteiger partial charge in [-0.05, 0) is 35.9 Å². The summed E-state index contributed by atoms with van der Waals surface area (Å²) < 4.78 is 30.9. The molecule has 8 heteroatoms. The Balaban J connectivity index is 1.32. The minimum Gasteiger partial charge on any atom is -0.489 e. The topological polar surface area (TPSA) is 51.2 Å². The Hall–Kier alpha value is -2.35. The molecule has 0 aliphatic carbocycles. The van der Waals surface area contributed by atoms with E-state index in [0.29, 0.717) is 63.7 Å². The SMILES string of the molecule is O=C(CC1COc2ccc(Cl)cc2N1Cc1ccc(F)cc1)N1CCC2(CC1)OCCO2. The lowest BCUT2D eigenvalue weighted by atomic mass is 10.0. The van der Waals surface area contributed by atoms with Crippen LogP contribution in [0, 0.1) is 5.82 Å². The predicted octanol–water partition coefficient (Wildman–Crippen LogP) is 4.00. The zero-order chi connectivity index (χ0) is 22.1. The molecule has 2 aromatic rings. The van der Waals surface area contributed by atoms with Gasteiger partial charge in [0, 0.05) is 37.5 Å². The second-order valence-electron chi connectivity index (χ2n) is 8.52. The summed E-state index contributed by atoms with van der Waals surface area (Å²) in [7, 11) is 0. The van der Waals surface area contributed by atoms with Gasteiger partial charge in [-0.1, -0.05) is 23.7 Å². The average molecular weight is 461 g/mol. The summed E-state index contributed by atoms with van der Waals surface area (Å²) in [6.07, 6.45) is 1.71. The number of rotatable bonds is 4. The van der Waals surface area contributed by atoms with Gasteiger partial charge in [-0.25, -0.2) is 4.39 Å². The maximum absolute atomic E-state index is 13.4.